The van der Waals surface area contributed by atoms with Gasteiger partial charge in [-0.25, -0.2) is 0 Å². The molecule has 35 heavy (non-hydrogen) atoms. The number of hydrogen-bond donors (Lipinski definition) is 2. The zero-order valence-corrected chi connectivity index (χ0v) is 21.0. The molecule has 188 valence electrons. The molecule has 6 aliphatic carbocycles. The van der Waals surface area contributed by atoms with Gasteiger partial charge in [-0.3, -0.25) is 19.2 Å². The number of ether oxygens (including phenoxy) is 1. The van der Waals surface area contributed by atoms with Crippen molar-refractivity contribution >= 4 is 23.9 Å². The van der Waals surface area contributed by atoms with Gasteiger partial charge in [0.25, 0.3) is 0 Å². The predicted octanol–water partition coefficient (Wildman–Crippen LogP) is 4.27. The number of carbonyl (C=O) groups excluding carboxylic acids is 2. The smallest absolute Gasteiger partial charge is 0.318 e. The molecule has 0 radical (unpaired) electrons. The molecule has 4 bridgehead atoms. The van der Waals surface area contributed by atoms with E-state index in [4.69, 9.17) is 4.74 Å². The average molecular weight is 483 g/mol. The van der Waals surface area contributed by atoms with Gasteiger partial charge in [0.2, 0.25) is 0 Å². The molecule has 0 aromatic heterocycles. The van der Waals surface area contributed by atoms with E-state index in [1.54, 1.807) is 13.8 Å². The highest BCUT2D eigenvalue weighted by molar-refractivity contribution is 5.95. The molecule has 0 aromatic rings. The van der Waals surface area contributed by atoms with Crippen molar-refractivity contribution in [2.24, 2.45) is 57.2 Å². The Labute approximate surface area is 205 Å². The molecule has 0 heterocycles. The van der Waals surface area contributed by atoms with Crippen molar-refractivity contribution in [3.8, 4) is 0 Å². The molecule has 0 spiro atoms. The lowest BCUT2D eigenvalue weighted by Gasteiger charge is -2.54. The molecule has 7 heteroatoms. The van der Waals surface area contributed by atoms with Crippen molar-refractivity contribution < 1.29 is 34.1 Å². The lowest BCUT2D eigenvalue weighted by atomic mass is 9.49. The molecule has 7 nitrogen and oxygen atoms in total. The van der Waals surface area contributed by atoms with E-state index >= 15 is 0 Å². The highest BCUT2D eigenvalue weighted by Crippen LogP contribution is 2.60. The van der Waals surface area contributed by atoms with Crippen molar-refractivity contribution in [3.05, 3.63) is 48.6 Å². The van der Waals surface area contributed by atoms with Crippen LogP contribution < -0.4 is 0 Å². The van der Waals surface area contributed by atoms with Crippen molar-refractivity contribution in [3.63, 3.8) is 0 Å². The molecule has 6 rings (SSSR count). The molecule has 4 unspecified atom stereocenters. The Hall–Kier alpha value is -2.96. The number of aliphatic carboxylic acids is 2. The SMILES string of the molecule is CC(C)C12C=CC(C)(C=C1)C(C(=O)OC(=O)C1C(C(=O)O)C3(C(C)C)C=CC1(C)C=C3)C2C(=O)O. The van der Waals surface area contributed by atoms with Crippen molar-refractivity contribution in [1.82, 2.24) is 0 Å². The minimum atomic E-state index is -1.13. The largest absolute Gasteiger partial charge is 0.481 e. The van der Waals surface area contributed by atoms with Gasteiger partial charge >= 0.3 is 23.9 Å². The summed E-state index contributed by atoms with van der Waals surface area (Å²) in [6.45, 7) is 11.1. The second-order valence-electron chi connectivity index (χ2n) is 11.7. The van der Waals surface area contributed by atoms with E-state index in [0.29, 0.717) is 0 Å². The monoisotopic (exact) mass is 482 g/mol. The number of carbonyl (C=O) groups is 4. The molecule has 4 atom stereocenters. The molecule has 0 saturated heterocycles. The number of hydrogen-bond acceptors (Lipinski definition) is 5. The molecule has 0 saturated carbocycles. The van der Waals surface area contributed by atoms with Crippen LogP contribution >= 0.6 is 0 Å². The first-order valence-corrected chi connectivity index (χ1v) is 12.2. The topological polar surface area (TPSA) is 118 Å². The van der Waals surface area contributed by atoms with Gasteiger partial charge in [-0.15, -0.1) is 0 Å². The van der Waals surface area contributed by atoms with Crippen LogP contribution in [0.5, 0.6) is 0 Å². The van der Waals surface area contributed by atoms with Gasteiger partial charge in [0.05, 0.1) is 23.7 Å². The van der Waals surface area contributed by atoms with Crippen LogP contribution in [0.1, 0.15) is 41.5 Å². The van der Waals surface area contributed by atoms with E-state index in [-0.39, 0.29) is 11.8 Å². The summed E-state index contributed by atoms with van der Waals surface area (Å²) in [6, 6.07) is 0. The minimum Gasteiger partial charge on any atom is -0.481 e. The first-order valence-electron chi connectivity index (χ1n) is 12.2. The van der Waals surface area contributed by atoms with Crippen LogP contribution in [0, 0.1) is 57.2 Å². The molecule has 0 aromatic carbocycles. The maximum Gasteiger partial charge on any atom is 0.318 e. The van der Waals surface area contributed by atoms with Crippen LogP contribution in [0.3, 0.4) is 0 Å². The molecule has 2 N–H and O–H groups in total. The van der Waals surface area contributed by atoms with Crippen LogP contribution in [0.25, 0.3) is 0 Å². The lowest BCUT2D eigenvalue weighted by Crippen LogP contribution is -2.57. The van der Waals surface area contributed by atoms with E-state index in [1.165, 1.54) is 0 Å². The number of carboxylic acid groups (broad SMARTS) is 2. The Morgan fingerprint density at radius 2 is 0.886 bits per heavy atom. The van der Waals surface area contributed by atoms with E-state index in [9.17, 15) is 29.4 Å². The van der Waals surface area contributed by atoms with Gasteiger partial charge in [0.15, 0.2) is 0 Å². The summed E-state index contributed by atoms with van der Waals surface area (Å²) in [5.74, 6) is -8.82. The van der Waals surface area contributed by atoms with Crippen LogP contribution in [-0.2, 0) is 23.9 Å². The Bertz CT molecular complexity index is 988. The third-order valence-corrected chi connectivity index (χ3v) is 9.25. The van der Waals surface area contributed by atoms with E-state index in [0.717, 1.165) is 0 Å². The normalized spacial score (nSPS) is 42.6. The average Bonchev–Trinajstić information content (AvgIpc) is 2.77. The second-order valence-corrected chi connectivity index (χ2v) is 11.7. The third-order valence-electron chi connectivity index (χ3n) is 9.25. The van der Waals surface area contributed by atoms with Gasteiger partial charge in [-0.2, -0.15) is 0 Å². The molecular formula is C28H34O7. The van der Waals surface area contributed by atoms with Gasteiger partial charge in [-0.05, 0) is 11.8 Å². The third kappa shape index (κ3) is 3.30. The van der Waals surface area contributed by atoms with Crippen molar-refractivity contribution in [1.29, 1.82) is 0 Å². The van der Waals surface area contributed by atoms with Crippen molar-refractivity contribution in [2.75, 3.05) is 0 Å². The fraction of sp³-hybridized carbons (Fsp3) is 0.571. The molecule has 6 aliphatic rings. The molecule has 0 fully saturated rings. The number of rotatable bonds is 6. The highest BCUT2D eigenvalue weighted by Gasteiger charge is 2.63. The van der Waals surface area contributed by atoms with Gasteiger partial charge in [0.1, 0.15) is 0 Å². The van der Waals surface area contributed by atoms with Gasteiger partial charge in [0, 0.05) is 21.7 Å². The van der Waals surface area contributed by atoms with E-state index in [2.05, 4.69) is 0 Å². The number of carboxylic acids is 2. The first kappa shape index (κ1) is 25.1. The van der Waals surface area contributed by atoms with E-state index in [1.807, 2.05) is 76.3 Å². The quantitative estimate of drug-likeness (QED) is 0.330. The highest BCUT2D eigenvalue weighted by atomic mass is 16.6. The fourth-order valence-electron chi connectivity index (χ4n) is 6.85. The minimum absolute atomic E-state index is 0.113. The summed E-state index contributed by atoms with van der Waals surface area (Å²) in [5.41, 5.74) is -3.64. The summed E-state index contributed by atoms with van der Waals surface area (Å²) >= 11 is 0. The standard InChI is InChI=1S/C28H34O7/c1-15(2)27-11-7-25(5,8-12-27)19(17(27)21(29)30)23(33)35-24(34)20-18(22(31)32)28(16(3)4)13-9-26(20,6)10-14-28/h7-20H,1-6H3,(H,29,30)(H,31,32). The maximum absolute atomic E-state index is 13.6. The summed E-state index contributed by atoms with van der Waals surface area (Å²) < 4.78 is 5.44. The summed E-state index contributed by atoms with van der Waals surface area (Å²) in [5, 5.41) is 20.3. The zero-order chi connectivity index (χ0) is 26.1. The van der Waals surface area contributed by atoms with Crippen LogP contribution in [0.15, 0.2) is 48.6 Å². The predicted molar refractivity (Wildman–Crippen MR) is 128 cm³/mol. The Kier molecular flexibility index (Phi) is 5.58. The first-order chi connectivity index (χ1) is 16.2. The number of fused-ring (bicyclic) bond motifs is 2. The van der Waals surface area contributed by atoms with Gasteiger partial charge < -0.3 is 14.9 Å². The molecule has 0 aliphatic heterocycles. The van der Waals surface area contributed by atoms with Crippen LogP contribution in [0.2, 0.25) is 0 Å². The fourth-order valence-corrected chi connectivity index (χ4v) is 6.85. The maximum atomic E-state index is 13.6. The Morgan fingerprint density at radius 1 is 0.600 bits per heavy atom. The molecule has 0 amide bonds. The molecular weight excluding hydrogens is 448 g/mol. The van der Waals surface area contributed by atoms with E-state index < -0.39 is 69.2 Å². The summed E-state index contributed by atoms with van der Waals surface area (Å²) in [7, 11) is 0. The second kappa shape index (κ2) is 7.77. The summed E-state index contributed by atoms with van der Waals surface area (Å²) in [4.78, 5) is 52.0. The van der Waals surface area contributed by atoms with Gasteiger partial charge in [-0.1, -0.05) is 90.2 Å². The zero-order valence-electron chi connectivity index (χ0n) is 21.0. The number of esters is 2. The van der Waals surface area contributed by atoms with Crippen LogP contribution in [-0.4, -0.2) is 34.1 Å². The summed E-state index contributed by atoms with van der Waals surface area (Å²) in [6.07, 6.45) is 14.7. The number of allylic oxidation sites excluding steroid dienone is 8. The Morgan fingerprint density at radius 3 is 1.11 bits per heavy atom. The van der Waals surface area contributed by atoms with Crippen LogP contribution in [0.4, 0.5) is 0 Å². The lowest BCUT2D eigenvalue weighted by molar-refractivity contribution is -0.182. The Balaban J connectivity index is 1.71. The van der Waals surface area contributed by atoms with Crippen molar-refractivity contribution in [2.45, 2.75) is 41.5 Å².